The van der Waals surface area contributed by atoms with Crippen molar-refractivity contribution in [3.05, 3.63) is 71.3 Å². The van der Waals surface area contributed by atoms with E-state index in [2.05, 4.69) is 29.6 Å². The van der Waals surface area contributed by atoms with E-state index >= 15 is 0 Å². The normalized spacial score (nSPS) is 11.7. The van der Waals surface area contributed by atoms with Gasteiger partial charge in [-0.2, -0.15) is 0 Å². The number of carboxylic acid groups (broad SMARTS) is 1. The minimum Gasteiger partial charge on any atom is -0.481 e. The molecule has 0 fully saturated rings. The summed E-state index contributed by atoms with van der Waals surface area (Å²) in [6.07, 6.45) is 1.84. The van der Waals surface area contributed by atoms with Gasteiger partial charge in [0.1, 0.15) is 0 Å². The zero-order valence-corrected chi connectivity index (χ0v) is 13.9. The van der Waals surface area contributed by atoms with Gasteiger partial charge in [-0.3, -0.25) is 9.59 Å². The van der Waals surface area contributed by atoms with Gasteiger partial charge >= 0.3 is 5.97 Å². The Morgan fingerprint density at radius 3 is 2.33 bits per heavy atom. The van der Waals surface area contributed by atoms with Gasteiger partial charge in [-0.15, -0.1) is 0 Å². The summed E-state index contributed by atoms with van der Waals surface area (Å²) in [6, 6.07) is 17.0. The summed E-state index contributed by atoms with van der Waals surface area (Å²) in [5.74, 6) is -1.04. The summed E-state index contributed by atoms with van der Waals surface area (Å²) in [4.78, 5) is 23.2. The Kier molecular flexibility index (Phi) is 6.55. The second-order valence-corrected chi connectivity index (χ2v) is 5.97. The molecule has 0 saturated carbocycles. The number of carbonyl (C=O) groups excluding carboxylic acids is 1. The van der Waals surface area contributed by atoms with Crippen molar-refractivity contribution in [2.75, 3.05) is 0 Å². The first-order chi connectivity index (χ1) is 11.5. The molecule has 0 bridgehead atoms. The van der Waals surface area contributed by atoms with Gasteiger partial charge < -0.3 is 10.4 Å². The first kappa shape index (κ1) is 17.7. The van der Waals surface area contributed by atoms with Crippen molar-refractivity contribution in [1.82, 2.24) is 5.32 Å². The number of hydrogen-bond donors (Lipinski definition) is 2. The first-order valence-corrected chi connectivity index (χ1v) is 8.16. The molecule has 1 amide bonds. The average Bonchev–Trinajstić information content (AvgIpc) is 2.56. The van der Waals surface area contributed by atoms with Crippen molar-refractivity contribution in [3.63, 3.8) is 0 Å². The molecule has 0 aliphatic carbocycles. The summed E-state index contributed by atoms with van der Waals surface area (Å²) >= 11 is 0. The van der Waals surface area contributed by atoms with Crippen LogP contribution in [0.1, 0.15) is 42.0 Å². The molecule has 1 unspecified atom stereocenters. The first-order valence-electron chi connectivity index (χ1n) is 8.16. The van der Waals surface area contributed by atoms with Crippen LogP contribution in [0.2, 0.25) is 0 Å². The van der Waals surface area contributed by atoms with Gasteiger partial charge in [0, 0.05) is 6.42 Å². The number of hydrogen-bond acceptors (Lipinski definition) is 2. The molecule has 24 heavy (non-hydrogen) atoms. The molecular weight excluding hydrogens is 302 g/mol. The number of carboxylic acids is 1. The van der Waals surface area contributed by atoms with Crippen molar-refractivity contribution >= 4 is 11.9 Å². The second-order valence-electron chi connectivity index (χ2n) is 5.97. The molecule has 0 radical (unpaired) electrons. The summed E-state index contributed by atoms with van der Waals surface area (Å²) < 4.78 is 0. The van der Waals surface area contributed by atoms with E-state index in [-0.39, 0.29) is 12.3 Å². The topological polar surface area (TPSA) is 66.4 Å². The number of aliphatic carboxylic acids is 1. The Labute approximate surface area is 142 Å². The molecule has 0 heterocycles. The van der Waals surface area contributed by atoms with Crippen molar-refractivity contribution in [2.45, 2.75) is 38.6 Å². The standard InChI is InChI=1S/C20H23NO3/c1-15-10-12-16(13-11-15)6-5-9-19(22)21-18(14-20(23)24)17-7-3-2-4-8-17/h2-4,7-8,10-13,18H,5-6,9,14H2,1H3,(H,21,22)(H,23,24). The van der Waals surface area contributed by atoms with Crippen molar-refractivity contribution < 1.29 is 14.7 Å². The molecule has 126 valence electrons. The largest absolute Gasteiger partial charge is 0.481 e. The van der Waals surface area contributed by atoms with Gasteiger partial charge in [-0.25, -0.2) is 0 Å². The molecule has 2 rings (SSSR count). The van der Waals surface area contributed by atoms with Gasteiger partial charge in [0.05, 0.1) is 12.5 Å². The van der Waals surface area contributed by atoms with E-state index < -0.39 is 12.0 Å². The zero-order valence-electron chi connectivity index (χ0n) is 13.9. The number of carbonyl (C=O) groups is 2. The van der Waals surface area contributed by atoms with E-state index in [1.807, 2.05) is 37.3 Å². The molecule has 2 aromatic carbocycles. The molecule has 0 spiro atoms. The Hall–Kier alpha value is -2.62. The van der Waals surface area contributed by atoms with E-state index in [4.69, 9.17) is 5.11 Å². The van der Waals surface area contributed by atoms with Crippen molar-refractivity contribution in [3.8, 4) is 0 Å². The SMILES string of the molecule is Cc1ccc(CCCC(=O)NC(CC(=O)O)c2ccccc2)cc1. The molecule has 2 aromatic rings. The Bertz CT molecular complexity index is 665. The van der Waals surface area contributed by atoms with Crippen LogP contribution in [0.4, 0.5) is 0 Å². The minimum absolute atomic E-state index is 0.114. The third kappa shape index (κ3) is 5.88. The quantitative estimate of drug-likeness (QED) is 0.778. The molecule has 0 aromatic heterocycles. The van der Waals surface area contributed by atoms with Gasteiger partial charge in [0.15, 0.2) is 0 Å². The lowest BCUT2D eigenvalue weighted by Crippen LogP contribution is -2.30. The lowest BCUT2D eigenvalue weighted by molar-refractivity contribution is -0.137. The number of rotatable bonds is 8. The molecule has 4 nitrogen and oxygen atoms in total. The van der Waals surface area contributed by atoms with Crippen LogP contribution in [-0.4, -0.2) is 17.0 Å². The van der Waals surface area contributed by atoms with Crippen molar-refractivity contribution in [2.24, 2.45) is 0 Å². The summed E-state index contributed by atoms with van der Waals surface area (Å²) in [5, 5.41) is 11.9. The second kappa shape index (κ2) is 8.87. The van der Waals surface area contributed by atoms with Crippen LogP contribution in [0.15, 0.2) is 54.6 Å². The number of amides is 1. The van der Waals surface area contributed by atoms with Gasteiger partial charge in [0.2, 0.25) is 5.91 Å². The van der Waals surface area contributed by atoms with E-state index in [0.717, 1.165) is 18.4 Å². The maximum Gasteiger partial charge on any atom is 0.305 e. The van der Waals surface area contributed by atoms with Crippen LogP contribution < -0.4 is 5.32 Å². The Balaban J connectivity index is 1.86. The van der Waals surface area contributed by atoms with E-state index in [0.29, 0.717) is 6.42 Å². The third-order valence-corrected chi connectivity index (χ3v) is 3.91. The number of aryl methyl sites for hydroxylation is 2. The third-order valence-electron chi connectivity index (χ3n) is 3.91. The predicted molar refractivity (Wildman–Crippen MR) is 93.7 cm³/mol. The smallest absolute Gasteiger partial charge is 0.305 e. The maximum atomic E-state index is 12.1. The highest BCUT2D eigenvalue weighted by Gasteiger charge is 2.17. The van der Waals surface area contributed by atoms with Crippen LogP contribution in [0, 0.1) is 6.92 Å². The molecular formula is C20H23NO3. The van der Waals surface area contributed by atoms with Crippen LogP contribution in [-0.2, 0) is 16.0 Å². The fourth-order valence-electron chi connectivity index (χ4n) is 2.59. The molecule has 4 heteroatoms. The Morgan fingerprint density at radius 2 is 1.71 bits per heavy atom. The van der Waals surface area contributed by atoms with E-state index in [1.165, 1.54) is 11.1 Å². The highest BCUT2D eigenvalue weighted by Crippen LogP contribution is 2.17. The highest BCUT2D eigenvalue weighted by atomic mass is 16.4. The zero-order chi connectivity index (χ0) is 17.4. The fraction of sp³-hybridized carbons (Fsp3) is 0.300. The van der Waals surface area contributed by atoms with Crippen molar-refractivity contribution in [1.29, 1.82) is 0 Å². The van der Waals surface area contributed by atoms with Crippen LogP contribution >= 0.6 is 0 Å². The van der Waals surface area contributed by atoms with Gasteiger partial charge in [-0.05, 0) is 30.9 Å². The number of benzene rings is 2. The fourth-order valence-corrected chi connectivity index (χ4v) is 2.59. The van der Waals surface area contributed by atoms with Crippen LogP contribution in [0.25, 0.3) is 0 Å². The summed E-state index contributed by atoms with van der Waals surface area (Å²) in [7, 11) is 0. The maximum absolute atomic E-state index is 12.1. The molecule has 0 saturated heterocycles. The highest BCUT2D eigenvalue weighted by molar-refractivity contribution is 5.77. The summed E-state index contributed by atoms with van der Waals surface area (Å²) in [6.45, 7) is 2.05. The van der Waals surface area contributed by atoms with Crippen LogP contribution in [0.3, 0.4) is 0 Å². The van der Waals surface area contributed by atoms with E-state index in [1.54, 1.807) is 0 Å². The molecule has 0 aliphatic heterocycles. The van der Waals surface area contributed by atoms with Crippen LogP contribution in [0.5, 0.6) is 0 Å². The minimum atomic E-state index is -0.927. The predicted octanol–water partition coefficient (Wildman–Crippen LogP) is 3.65. The van der Waals surface area contributed by atoms with Gasteiger partial charge in [-0.1, -0.05) is 60.2 Å². The monoisotopic (exact) mass is 325 g/mol. The number of nitrogens with one attached hydrogen (secondary N) is 1. The lowest BCUT2D eigenvalue weighted by Gasteiger charge is -2.17. The van der Waals surface area contributed by atoms with Gasteiger partial charge in [0.25, 0.3) is 0 Å². The average molecular weight is 325 g/mol. The molecule has 2 N–H and O–H groups in total. The molecule has 1 atom stereocenters. The van der Waals surface area contributed by atoms with E-state index in [9.17, 15) is 9.59 Å². The molecule has 0 aliphatic rings. The lowest BCUT2D eigenvalue weighted by atomic mass is 10.0. The summed E-state index contributed by atoms with van der Waals surface area (Å²) in [5.41, 5.74) is 3.24. The Morgan fingerprint density at radius 1 is 1.04 bits per heavy atom.